The van der Waals surface area contributed by atoms with Crippen LogP contribution in [-0.4, -0.2) is 61.5 Å². The highest BCUT2D eigenvalue weighted by atomic mass is 32.2. The van der Waals surface area contributed by atoms with Crippen molar-refractivity contribution in [3.63, 3.8) is 0 Å². The van der Waals surface area contributed by atoms with Crippen molar-refractivity contribution in [2.45, 2.75) is 29.9 Å². The van der Waals surface area contributed by atoms with Crippen LogP contribution >= 0.6 is 0 Å². The molecule has 0 fully saturated rings. The van der Waals surface area contributed by atoms with Crippen LogP contribution in [0.2, 0.25) is 0 Å². The van der Waals surface area contributed by atoms with E-state index in [1.165, 1.54) is 34.7 Å². The number of hydrogen-bond acceptors (Lipinski definition) is 9. The molecule has 186 valence electrons. The highest BCUT2D eigenvalue weighted by Crippen LogP contribution is 2.38. The van der Waals surface area contributed by atoms with Crippen molar-refractivity contribution in [2.24, 2.45) is 7.05 Å². The second-order valence-electron chi connectivity index (χ2n) is 7.67. The normalized spacial score (nSPS) is 13.8. The summed E-state index contributed by atoms with van der Waals surface area (Å²) in [5.41, 5.74) is 0.951. The van der Waals surface area contributed by atoms with Gasteiger partial charge in [-0.05, 0) is 31.2 Å². The lowest BCUT2D eigenvalue weighted by Gasteiger charge is -2.16. The maximum atomic E-state index is 13.1. The third kappa shape index (κ3) is 4.80. The molecule has 3 heterocycles. The van der Waals surface area contributed by atoms with Gasteiger partial charge in [0.15, 0.2) is 21.7 Å². The third-order valence-corrected chi connectivity index (χ3v) is 7.38. The van der Waals surface area contributed by atoms with Crippen LogP contribution in [0.5, 0.6) is 5.75 Å². The maximum absolute atomic E-state index is 13.1. The summed E-state index contributed by atoms with van der Waals surface area (Å²) in [6.07, 6.45) is 4.79. The minimum Gasteiger partial charge on any atom is -0.434 e. The Hall–Kier alpha value is -3.62. The standard InChI is InChI=1S/C21H22F2N6O5S/c1-12(11-30)35(32,33)13-4-5-17(34-21(22)23)14(8-13)18-16(10-28(2)27-18)26-20(31)15-9-25-29-7-3-6-24-19(15)29/h3-10,12,20-21,26,30-31H,11H2,1-2H3. The summed E-state index contributed by atoms with van der Waals surface area (Å²) in [6, 6.07) is 5.04. The summed E-state index contributed by atoms with van der Waals surface area (Å²) in [6.45, 7) is -2.47. The van der Waals surface area contributed by atoms with Crippen molar-refractivity contribution >= 4 is 21.2 Å². The first-order valence-corrected chi connectivity index (χ1v) is 11.9. The number of rotatable bonds is 9. The van der Waals surface area contributed by atoms with Gasteiger partial charge in [0.25, 0.3) is 0 Å². The van der Waals surface area contributed by atoms with E-state index >= 15 is 0 Å². The van der Waals surface area contributed by atoms with E-state index in [0.717, 1.165) is 18.2 Å². The van der Waals surface area contributed by atoms with Gasteiger partial charge in [-0.3, -0.25) is 4.68 Å². The molecule has 0 bridgehead atoms. The number of aromatic nitrogens is 5. The second kappa shape index (κ2) is 9.56. The summed E-state index contributed by atoms with van der Waals surface area (Å²) >= 11 is 0. The molecule has 0 radical (unpaired) electrons. The van der Waals surface area contributed by atoms with E-state index in [1.54, 1.807) is 19.3 Å². The van der Waals surface area contributed by atoms with Crippen molar-refractivity contribution in [3.8, 4) is 17.0 Å². The quantitative estimate of drug-likeness (QED) is 0.289. The predicted molar refractivity (Wildman–Crippen MR) is 121 cm³/mol. The molecule has 2 unspecified atom stereocenters. The first-order valence-electron chi connectivity index (χ1n) is 10.3. The molecule has 14 heteroatoms. The number of alkyl halides is 2. The van der Waals surface area contributed by atoms with Crippen molar-refractivity contribution in [1.29, 1.82) is 0 Å². The number of halogens is 2. The van der Waals surface area contributed by atoms with Crippen LogP contribution in [-0.2, 0) is 16.9 Å². The van der Waals surface area contributed by atoms with Crippen LogP contribution in [0.25, 0.3) is 16.9 Å². The molecule has 1 aromatic carbocycles. The van der Waals surface area contributed by atoms with Gasteiger partial charge in [-0.2, -0.15) is 19.0 Å². The Bertz CT molecular complexity index is 1460. The number of nitrogens with zero attached hydrogens (tertiary/aromatic N) is 5. The van der Waals surface area contributed by atoms with Crippen LogP contribution < -0.4 is 10.1 Å². The van der Waals surface area contributed by atoms with Gasteiger partial charge in [0.05, 0.1) is 34.2 Å². The van der Waals surface area contributed by atoms with Gasteiger partial charge >= 0.3 is 6.61 Å². The Labute approximate surface area is 198 Å². The van der Waals surface area contributed by atoms with Crippen molar-refractivity contribution in [2.75, 3.05) is 11.9 Å². The molecule has 0 aliphatic carbocycles. The average Bonchev–Trinajstić information content (AvgIpc) is 3.41. The van der Waals surface area contributed by atoms with Crippen LogP contribution in [0.15, 0.2) is 53.9 Å². The predicted octanol–water partition coefficient (Wildman–Crippen LogP) is 1.99. The molecular formula is C21H22F2N6O5S. The zero-order chi connectivity index (χ0) is 25.3. The lowest BCUT2D eigenvalue weighted by molar-refractivity contribution is -0.0494. The molecule has 0 spiro atoms. The zero-order valence-corrected chi connectivity index (χ0v) is 19.4. The number of aliphatic hydroxyl groups is 2. The number of aliphatic hydroxyl groups excluding tert-OH is 2. The van der Waals surface area contributed by atoms with Gasteiger partial charge < -0.3 is 20.3 Å². The Kier molecular flexibility index (Phi) is 6.69. The number of sulfone groups is 1. The molecule has 11 nitrogen and oxygen atoms in total. The summed E-state index contributed by atoms with van der Waals surface area (Å²) in [4.78, 5) is 3.98. The Morgan fingerprint density at radius 3 is 2.77 bits per heavy atom. The summed E-state index contributed by atoms with van der Waals surface area (Å²) in [7, 11) is -2.40. The minimum atomic E-state index is -3.97. The van der Waals surface area contributed by atoms with Gasteiger partial charge in [-0.1, -0.05) is 0 Å². The fraction of sp³-hybridized carbons (Fsp3) is 0.286. The summed E-state index contributed by atoms with van der Waals surface area (Å²) in [5.74, 6) is -0.315. The average molecular weight is 509 g/mol. The first-order chi connectivity index (χ1) is 16.6. The summed E-state index contributed by atoms with van der Waals surface area (Å²) < 4.78 is 59.2. The van der Waals surface area contributed by atoms with Gasteiger partial charge in [-0.15, -0.1) is 0 Å². The maximum Gasteiger partial charge on any atom is 0.387 e. The smallest absolute Gasteiger partial charge is 0.387 e. The molecule has 0 aliphatic rings. The second-order valence-corrected chi connectivity index (χ2v) is 10.0. The summed E-state index contributed by atoms with van der Waals surface area (Å²) in [5, 5.41) is 30.3. The number of hydrogen-bond donors (Lipinski definition) is 3. The van der Waals surface area contributed by atoms with E-state index in [-0.39, 0.29) is 27.6 Å². The van der Waals surface area contributed by atoms with Gasteiger partial charge in [-0.25, -0.2) is 17.9 Å². The highest BCUT2D eigenvalue weighted by molar-refractivity contribution is 7.92. The number of anilines is 1. The van der Waals surface area contributed by atoms with Gasteiger partial charge in [0.2, 0.25) is 0 Å². The molecule has 4 aromatic rings. The third-order valence-electron chi connectivity index (χ3n) is 5.26. The van der Waals surface area contributed by atoms with E-state index in [9.17, 15) is 27.4 Å². The van der Waals surface area contributed by atoms with Crippen molar-refractivity contribution in [1.82, 2.24) is 24.4 Å². The molecule has 3 aromatic heterocycles. The van der Waals surface area contributed by atoms with E-state index in [4.69, 9.17) is 0 Å². The lowest BCUT2D eigenvalue weighted by Crippen LogP contribution is -2.21. The molecule has 2 atom stereocenters. The van der Waals surface area contributed by atoms with E-state index < -0.39 is 34.5 Å². The minimum absolute atomic E-state index is 0.0511. The number of aryl methyl sites for hydroxylation is 1. The van der Waals surface area contributed by atoms with Crippen molar-refractivity contribution in [3.05, 3.63) is 54.6 Å². The Morgan fingerprint density at radius 2 is 2.06 bits per heavy atom. The first kappa shape index (κ1) is 24.5. The fourth-order valence-corrected chi connectivity index (χ4v) is 4.66. The zero-order valence-electron chi connectivity index (χ0n) is 18.6. The number of benzene rings is 1. The fourth-order valence-electron chi connectivity index (χ4n) is 3.46. The van der Waals surface area contributed by atoms with Crippen LogP contribution in [0.3, 0.4) is 0 Å². The van der Waals surface area contributed by atoms with E-state index in [1.807, 2.05) is 0 Å². The molecule has 0 saturated carbocycles. The molecule has 3 N–H and O–H groups in total. The van der Waals surface area contributed by atoms with Crippen LogP contribution in [0, 0.1) is 0 Å². The van der Waals surface area contributed by atoms with Gasteiger partial charge in [0.1, 0.15) is 11.4 Å². The van der Waals surface area contributed by atoms with Crippen molar-refractivity contribution < 1.29 is 32.1 Å². The molecular weight excluding hydrogens is 486 g/mol. The van der Waals surface area contributed by atoms with Gasteiger partial charge in [0, 0.05) is 31.2 Å². The Morgan fingerprint density at radius 1 is 1.29 bits per heavy atom. The number of nitrogens with one attached hydrogen (secondary N) is 1. The molecule has 0 saturated heterocycles. The monoisotopic (exact) mass is 508 g/mol. The van der Waals surface area contributed by atoms with Crippen LogP contribution in [0.4, 0.5) is 14.5 Å². The Balaban J connectivity index is 1.79. The number of fused-ring (bicyclic) bond motifs is 1. The largest absolute Gasteiger partial charge is 0.434 e. The molecule has 0 aliphatic heterocycles. The molecule has 4 rings (SSSR count). The highest BCUT2D eigenvalue weighted by Gasteiger charge is 2.27. The van der Waals surface area contributed by atoms with Crippen LogP contribution in [0.1, 0.15) is 18.7 Å². The molecule has 0 amide bonds. The SMILES string of the molecule is CC(CO)S(=O)(=O)c1ccc(OC(F)F)c(-c2nn(C)cc2NC(O)c2cnn3cccnc23)c1. The number of ether oxygens (including phenoxy) is 1. The van der Waals surface area contributed by atoms with E-state index in [2.05, 4.69) is 25.2 Å². The lowest BCUT2D eigenvalue weighted by atomic mass is 10.1. The van der Waals surface area contributed by atoms with E-state index in [0.29, 0.717) is 11.2 Å². The topological polar surface area (TPSA) is 144 Å². The molecule has 35 heavy (non-hydrogen) atoms.